The van der Waals surface area contributed by atoms with Crippen LogP contribution in [0.5, 0.6) is 5.75 Å². The van der Waals surface area contributed by atoms with E-state index >= 15 is 0 Å². The number of benzene rings is 2. The van der Waals surface area contributed by atoms with Gasteiger partial charge in [0.2, 0.25) is 0 Å². The van der Waals surface area contributed by atoms with Crippen molar-refractivity contribution in [2.45, 2.75) is 57.8 Å². The lowest BCUT2D eigenvalue weighted by molar-refractivity contribution is -0.144. The minimum Gasteiger partial charge on any atom is -0.497 e. The minimum atomic E-state index is -0.624. The lowest BCUT2D eigenvalue weighted by atomic mass is 9.89. The topological polar surface area (TPSA) is 73.9 Å². The van der Waals surface area contributed by atoms with Crippen molar-refractivity contribution in [3.8, 4) is 5.75 Å². The van der Waals surface area contributed by atoms with Crippen molar-refractivity contribution in [2.24, 2.45) is 5.92 Å². The number of rotatable bonds is 7. The highest BCUT2D eigenvalue weighted by Gasteiger charge is 2.40. The van der Waals surface area contributed by atoms with E-state index in [0.717, 1.165) is 16.9 Å². The van der Waals surface area contributed by atoms with Gasteiger partial charge >= 0.3 is 12.1 Å². The fraction of sp³-hybridized carbons (Fsp3) is 0.440. The molecule has 6 nitrogen and oxygen atoms in total. The standard InChI is InChI=1S/C25H31NO5/c1-25(2,3)31-24(28)26-22(15-18-10-12-19(29-4)13-11-18)21-16-20(30-23(21)27)14-17-8-6-5-7-9-17/h5-13,20-22H,14-16H2,1-4H3,(H,26,28)/t20-,21-,22+/m1/s1. The van der Waals surface area contributed by atoms with Gasteiger partial charge in [0.05, 0.1) is 13.0 Å². The summed E-state index contributed by atoms with van der Waals surface area (Å²) in [6.45, 7) is 5.43. The van der Waals surface area contributed by atoms with Crippen molar-refractivity contribution >= 4 is 12.1 Å². The van der Waals surface area contributed by atoms with Crippen molar-refractivity contribution in [3.05, 3.63) is 65.7 Å². The summed E-state index contributed by atoms with van der Waals surface area (Å²) in [6, 6.07) is 17.1. The second kappa shape index (κ2) is 9.86. The Morgan fingerprint density at radius 3 is 2.39 bits per heavy atom. The van der Waals surface area contributed by atoms with E-state index in [0.29, 0.717) is 19.3 Å². The summed E-state index contributed by atoms with van der Waals surface area (Å²) in [5, 5.41) is 2.91. The third-order valence-electron chi connectivity index (χ3n) is 5.21. The average molecular weight is 426 g/mol. The molecule has 1 N–H and O–H groups in total. The van der Waals surface area contributed by atoms with Crippen molar-refractivity contribution in [3.63, 3.8) is 0 Å². The quantitative estimate of drug-likeness (QED) is 0.670. The van der Waals surface area contributed by atoms with E-state index in [-0.39, 0.29) is 12.1 Å². The molecule has 0 unspecified atom stereocenters. The van der Waals surface area contributed by atoms with E-state index in [1.54, 1.807) is 7.11 Å². The van der Waals surface area contributed by atoms with Crippen LogP contribution in [-0.4, -0.2) is 36.9 Å². The maximum atomic E-state index is 12.7. The molecular weight excluding hydrogens is 394 g/mol. The number of hydrogen-bond donors (Lipinski definition) is 1. The van der Waals surface area contributed by atoms with Crippen LogP contribution >= 0.6 is 0 Å². The molecule has 1 aliphatic rings. The van der Waals surface area contributed by atoms with Crippen LogP contribution in [0.15, 0.2) is 54.6 Å². The van der Waals surface area contributed by atoms with E-state index in [2.05, 4.69) is 5.32 Å². The molecule has 2 aromatic rings. The van der Waals surface area contributed by atoms with Gasteiger partial charge in [-0.05, 0) is 56.9 Å². The number of alkyl carbamates (subject to hydrolysis) is 1. The van der Waals surface area contributed by atoms with Gasteiger partial charge < -0.3 is 19.5 Å². The number of nitrogens with one attached hydrogen (secondary N) is 1. The maximum Gasteiger partial charge on any atom is 0.407 e. The molecule has 1 fully saturated rings. The number of esters is 1. The predicted molar refractivity (Wildman–Crippen MR) is 118 cm³/mol. The first-order valence-electron chi connectivity index (χ1n) is 10.6. The van der Waals surface area contributed by atoms with Crippen molar-refractivity contribution in [1.29, 1.82) is 0 Å². The van der Waals surface area contributed by atoms with Gasteiger partial charge in [0.15, 0.2) is 0 Å². The number of cyclic esters (lactones) is 1. The summed E-state index contributed by atoms with van der Waals surface area (Å²) in [6.07, 6.45) is 0.944. The average Bonchev–Trinajstić information content (AvgIpc) is 3.07. The van der Waals surface area contributed by atoms with Crippen LogP contribution in [0.3, 0.4) is 0 Å². The first-order chi connectivity index (χ1) is 14.7. The zero-order chi connectivity index (χ0) is 22.4. The number of hydrogen-bond acceptors (Lipinski definition) is 5. The molecule has 1 amide bonds. The monoisotopic (exact) mass is 425 g/mol. The molecule has 3 atom stereocenters. The fourth-order valence-corrected chi connectivity index (χ4v) is 3.78. The Morgan fingerprint density at radius 1 is 1.10 bits per heavy atom. The molecule has 0 aliphatic carbocycles. The lowest BCUT2D eigenvalue weighted by Crippen LogP contribution is -2.45. The maximum absolute atomic E-state index is 12.7. The summed E-state index contributed by atoms with van der Waals surface area (Å²) in [5.74, 6) is 0.0300. The molecule has 1 aliphatic heterocycles. The second-order valence-electron chi connectivity index (χ2n) is 8.90. The van der Waals surface area contributed by atoms with Crippen molar-refractivity contribution in [1.82, 2.24) is 5.32 Å². The van der Waals surface area contributed by atoms with Crippen molar-refractivity contribution in [2.75, 3.05) is 7.11 Å². The highest BCUT2D eigenvalue weighted by atomic mass is 16.6. The number of carbonyl (C=O) groups is 2. The SMILES string of the molecule is COc1ccc(C[C@H](NC(=O)OC(C)(C)C)[C@H]2C[C@@H](Cc3ccccc3)OC2=O)cc1. The van der Waals surface area contributed by atoms with Crippen molar-refractivity contribution < 1.29 is 23.8 Å². The molecule has 0 spiro atoms. The molecule has 0 bridgehead atoms. The normalized spacial score (nSPS) is 19.4. The van der Waals surface area contributed by atoms with Gasteiger partial charge in [-0.3, -0.25) is 4.79 Å². The Hall–Kier alpha value is -3.02. The number of ether oxygens (including phenoxy) is 3. The van der Waals surface area contributed by atoms with Crippen LogP contribution < -0.4 is 10.1 Å². The molecule has 0 saturated carbocycles. The van der Waals surface area contributed by atoms with E-state index < -0.39 is 23.7 Å². The van der Waals surface area contributed by atoms with Gasteiger partial charge in [-0.25, -0.2) is 4.79 Å². The van der Waals surface area contributed by atoms with Crippen LogP contribution in [-0.2, 0) is 27.1 Å². The summed E-state index contributed by atoms with van der Waals surface area (Å²) >= 11 is 0. The number of amides is 1. The van der Waals surface area contributed by atoms with E-state index in [1.807, 2.05) is 75.4 Å². The van der Waals surface area contributed by atoms with Gasteiger partial charge in [-0.15, -0.1) is 0 Å². The Balaban J connectivity index is 1.73. The van der Waals surface area contributed by atoms with Crippen LogP contribution in [0, 0.1) is 5.92 Å². The summed E-state index contributed by atoms with van der Waals surface area (Å²) in [5.41, 5.74) is 1.48. The van der Waals surface area contributed by atoms with Crippen LogP contribution in [0.4, 0.5) is 4.79 Å². The molecular formula is C25H31NO5. The molecule has 1 saturated heterocycles. The first-order valence-corrected chi connectivity index (χ1v) is 10.6. The number of carbonyl (C=O) groups excluding carboxylic acids is 2. The number of methoxy groups -OCH3 is 1. The Bertz CT molecular complexity index is 873. The van der Waals surface area contributed by atoms with E-state index in [9.17, 15) is 9.59 Å². The Kier molecular flexibility index (Phi) is 7.21. The summed E-state index contributed by atoms with van der Waals surface area (Å²) in [4.78, 5) is 25.2. The molecule has 31 heavy (non-hydrogen) atoms. The summed E-state index contributed by atoms with van der Waals surface area (Å²) in [7, 11) is 1.61. The Labute approximate surface area is 183 Å². The fourth-order valence-electron chi connectivity index (χ4n) is 3.78. The summed E-state index contributed by atoms with van der Waals surface area (Å²) < 4.78 is 16.3. The molecule has 0 radical (unpaired) electrons. The molecule has 1 heterocycles. The molecule has 3 rings (SSSR count). The van der Waals surface area contributed by atoms with E-state index in [1.165, 1.54) is 0 Å². The largest absolute Gasteiger partial charge is 0.497 e. The van der Waals surface area contributed by atoms with Gasteiger partial charge in [-0.2, -0.15) is 0 Å². The lowest BCUT2D eigenvalue weighted by Gasteiger charge is -2.26. The predicted octanol–water partition coefficient (Wildman–Crippen LogP) is 4.31. The van der Waals surface area contributed by atoms with Gasteiger partial charge in [0.1, 0.15) is 17.5 Å². The highest BCUT2D eigenvalue weighted by molar-refractivity contribution is 5.77. The Morgan fingerprint density at radius 2 is 1.77 bits per heavy atom. The third kappa shape index (κ3) is 6.74. The van der Waals surface area contributed by atoms with E-state index in [4.69, 9.17) is 14.2 Å². The molecule has 0 aromatic heterocycles. The molecule has 2 aromatic carbocycles. The molecule has 166 valence electrons. The highest BCUT2D eigenvalue weighted by Crippen LogP contribution is 2.29. The smallest absolute Gasteiger partial charge is 0.407 e. The third-order valence-corrected chi connectivity index (χ3v) is 5.21. The minimum absolute atomic E-state index is 0.210. The first kappa shape index (κ1) is 22.7. The zero-order valence-corrected chi connectivity index (χ0v) is 18.6. The van der Waals surface area contributed by atoms with Gasteiger partial charge in [0.25, 0.3) is 0 Å². The van der Waals surface area contributed by atoms with Crippen LogP contribution in [0.2, 0.25) is 0 Å². The zero-order valence-electron chi connectivity index (χ0n) is 18.6. The van der Waals surface area contributed by atoms with Crippen LogP contribution in [0.1, 0.15) is 38.3 Å². The van der Waals surface area contributed by atoms with Gasteiger partial charge in [-0.1, -0.05) is 42.5 Å². The van der Waals surface area contributed by atoms with Gasteiger partial charge in [0, 0.05) is 12.5 Å². The van der Waals surface area contributed by atoms with Crippen LogP contribution in [0.25, 0.3) is 0 Å². The second-order valence-corrected chi connectivity index (χ2v) is 8.90. The molecule has 6 heteroatoms.